The summed E-state index contributed by atoms with van der Waals surface area (Å²) in [6, 6.07) is 12.7. The van der Waals surface area contributed by atoms with E-state index in [0.29, 0.717) is 22.9 Å². The van der Waals surface area contributed by atoms with E-state index in [9.17, 15) is 0 Å². The molecule has 0 aliphatic rings. The first kappa shape index (κ1) is 19.4. The van der Waals surface area contributed by atoms with Gasteiger partial charge in [-0.2, -0.15) is 0 Å². The lowest BCUT2D eigenvalue weighted by Gasteiger charge is -2.18. The molecule has 0 atom stereocenters. The maximum Gasteiger partial charge on any atom is 0.291 e. The van der Waals surface area contributed by atoms with Crippen molar-refractivity contribution >= 4 is 17.4 Å². The monoisotopic (exact) mass is 358 g/mol. The normalized spacial score (nSPS) is 10.3. The van der Waals surface area contributed by atoms with Gasteiger partial charge in [0, 0.05) is 25.2 Å². The van der Waals surface area contributed by atoms with Crippen LogP contribution in [0.2, 0.25) is 0 Å². The van der Waals surface area contributed by atoms with Crippen molar-refractivity contribution in [2.75, 3.05) is 52.0 Å². The fourth-order valence-electron chi connectivity index (χ4n) is 2.30. The molecule has 0 aliphatic heterocycles. The number of anilines is 2. The number of hydrogen-bond acceptors (Lipinski definition) is 6. The summed E-state index contributed by atoms with van der Waals surface area (Å²) in [4.78, 5) is 2.09. The lowest BCUT2D eigenvalue weighted by atomic mass is 10.2. The lowest BCUT2D eigenvalue weighted by Crippen LogP contribution is -2.21. The van der Waals surface area contributed by atoms with Gasteiger partial charge in [-0.05, 0) is 26.2 Å². The van der Waals surface area contributed by atoms with Crippen LogP contribution in [0.4, 0.5) is 11.4 Å². The Kier molecular flexibility index (Phi) is 7.11. The Hall–Kier alpha value is -2.93. The number of ether oxygens (including phenoxy) is 3. The van der Waals surface area contributed by atoms with Gasteiger partial charge < -0.3 is 29.7 Å². The van der Waals surface area contributed by atoms with Crippen LogP contribution in [0.1, 0.15) is 0 Å². The molecule has 2 aromatic carbocycles. The van der Waals surface area contributed by atoms with Gasteiger partial charge in [-0.25, -0.2) is 0 Å². The molecule has 0 radical (unpaired) electrons. The topological polar surface area (TPSA) is 78.8 Å². The Bertz CT molecular complexity index is 720. The standard InChI is InChI=1S/C19H26N4O3/c1-23(2)11-10-21-15-12-18(25-4)16(13-17(15)24-3)22-19(20)26-14-8-6-5-7-9-14/h5-9,12-13,21H,10-11H2,1-4H3,(H2,20,22). The molecule has 2 aromatic rings. The third-order valence-corrected chi connectivity index (χ3v) is 3.61. The average Bonchev–Trinajstić information content (AvgIpc) is 2.62. The van der Waals surface area contributed by atoms with E-state index in [1.165, 1.54) is 0 Å². The number of methoxy groups -OCH3 is 2. The van der Waals surface area contributed by atoms with Crippen LogP contribution in [0.25, 0.3) is 0 Å². The van der Waals surface area contributed by atoms with Crippen molar-refractivity contribution in [2.45, 2.75) is 0 Å². The second-order valence-electron chi connectivity index (χ2n) is 5.85. The molecule has 0 saturated heterocycles. The molecule has 7 nitrogen and oxygen atoms in total. The van der Waals surface area contributed by atoms with E-state index in [-0.39, 0.29) is 6.02 Å². The van der Waals surface area contributed by atoms with Gasteiger partial charge in [0.1, 0.15) is 17.2 Å². The van der Waals surface area contributed by atoms with E-state index in [0.717, 1.165) is 18.8 Å². The van der Waals surface area contributed by atoms with E-state index in [4.69, 9.17) is 19.6 Å². The molecule has 0 saturated carbocycles. The maximum atomic E-state index is 8.02. The minimum absolute atomic E-state index is 0.107. The molecule has 0 unspecified atom stereocenters. The van der Waals surface area contributed by atoms with Crippen molar-refractivity contribution in [3.63, 3.8) is 0 Å². The largest absolute Gasteiger partial charge is 0.495 e. The van der Waals surface area contributed by atoms with Crippen molar-refractivity contribution in [3.8, 4) is 17.2 Å². The van der Waals surface area contributed by atoms with Crippen LogP contribution >= 0.6 is 0 Å². The molecule has 0 amide bonds. The number of rotatable bonds is 8. The highest BCUT2D eigenvalue weighted by Gasteiger charge is 2.13. The van der Waals surface area contributed by atoms with Crippen molar-refractivity contribution in [3.05, 3.63) is 42.5 Å². The minimum Gasteiger partial charge on any atom is -0.495 e. The Morgan fingerprint density at radius 1 is 1.00 bits per heavy atom. The van der Waals surface area contributed by atoms with Gasteiger partial charge in [0.25, 0.3) is 6.02 Å². The number of hydrogen-bond donors (Lipinski definition) is 3. The summed E-state index contributed by atoms with van der Waals surface area (Å²) in [5.41, 5.74) is 1.41. The van der Waals surface area contributed by atoms with Gasteiger partial charge in [-0.1, -0.05) is 18.2 Å². The highest BCUT2D eigenvalue weighted by atomic mass is 16.5. The number of nitrogens with zero attached hydrogens (tertiary/aromatic N) is 1. The van der Waals surface area contributed by atoms with Crippen LogP contribution in [-0.2, 0) is 0 Å². The molecule has 0 aliphatic carbocycles. The van der Waals surface area contributed by atoms with Crippen molar-refractivity contribution < 1.29 is 14.2 Å². The summed E-state index contributed by atoms with van der Waals surface area (Å²) in [5.74, 6) is 1.82. The molecule has 140 valence electrons. The Morgan fingerprint density at radius 2 is 1.62 bits per heavy atom. The summed E-state index contributed by atoms with van der Waals surface area (Å²) in [7, 11) is 7.22. The minimum atomic E-state index is -0.107. The summed E-state index contributed by atoms with van der Waals surface area (Å²) in [6.45, 7) is 1.66. The summed E-state index contributed by atoms with van der Waals surface area (Å²) < 4.78 is 16.4. The molecule has 0 heterocycles. The first-order valence-corrected chi connectivity index (χ1v) is 8.26. The number of amidine groups is 1. The van der Waals surface area contributed by atoms with Gasteiger partial charge in [0.15, 0.2) is 0 Å². The van der Waals surface area contributed by atoms with Gasteiger partial charge in [0.2, 0.25) is 0 Å². The number of nitrogens with one attached hydrogen (secondary N) is 3. The van der Waals surface area contributed by atoms with Crippen molar-refractivity contribution in [1.29, 1.82) is 5.41 Å². The second kappa shape index (κ2) is 9.53. The van der Waals surface area contributed by atoms with Crippen LogP contribution < -0.4 is 24.8 Å². The highest BCUT2D eigenvalue weighted by molar-refractivity contribution is 5.91. The van der Waals surface area contributed by atoms with Crippen LogP contribution in [0.15, 0.2) is 42.5 Å². The third-order valence-electron chi connectivity index (χ3n) is 3.61. The number of benzene rings is 2. The number of likely N-dealkylation sites (N-methyl/N-ethyl adjacent to an activating group) is 1. The lowest BCUT2D eigenvalue weighted by molar-refractivity contribution is 0.404. The summed E-state index contributed by atoms with van der Waals surface area (Å²) in [5, 5.41) is 14.3. The van der Waals surface area contributed by atoms with Crippen molar-refractivity contribution in [2.24, 2.45) is 0 Å². The van der Waals surface area contributed by atoms with E-state index in [1.54, 1.807) is 32.4 Å². The molecule has 0 spiro atoms. The molecule has 0 bridgehead atoms. The predicted octanol–water partition coefficient (Wildman–Crippen LogP) is 3.10. The van der Waals surface area contributed by atoms with E-state index >= 15 is 0 Å². The Balaban J connectivity index is 2.13. The first-order chi connectivity index (χ1) is 12.5. The van der Waals surface area contributed by atoms with E-state index in [2.05, 4.69) is 15.5 Å². The molecule has 3 N–H and O–H groups in total. The smallest absolute Gasteiger partial charge is 0.291 e. The zero-order valence-electron chi connectivity index (χ0n) is 15.6. The molecule has 26 heavy (non-hydrogen) atoms. The molecular weight excluding hydrogens is 332 g/mol. The van der Waals surface area contributed by atoms with Gasteiger partial charge in [-0.15, -0.1) is 0 Å². The predicted molar refractivity (Wildman–Crippen MR) is 105 cm³/mol. The summed E-state index contributed by atoms with van der Waals surface area (Å²) in [6.07, 6.45) is 0. The molecule has 2 rings (SSSR count). The molecule has 0 aromatic heterocycles. The quantitative estimate of drug-likeness (QED) is 0.497. The summed E-state index contributed by atoms with van der Waals surface area (Å²) >= 11 is 0. The molecule has 7 heteroatoms. The Morgan fingerprint density at radius 3 is 2.23 bits per heavy atom. The highest BCUT2D eigenvalue weighted by Crippen LogP contribution is 2.36. The zero-order chi connectivity index (χ0) is 18.9. The van der Waals surface area contributed by atoms with Crippen LogP contribution in [-0.4, -0.2) is 52.3 Å². The SMILES string of the molecule is COc1cc(NC(=N)Oc2ccccc2)c(OC)cc1NCCN(C)C. The second-order valence-corrected chi connectivity index (χ2v) is 5.85. The third kappa shape index (κ3) is 5.56. The zero-order valence-corrected chi connectivity index (χ0v) is 15.6. The maximum absolute atomic E-state index is 8.02. The fraction of sp³-hybridized carbons (Fsp3) is 0.316. The first-order valence-electron chi connectivity index (χ1n) is 8.26. The van der Waals surface area contributed by atoms with Gasteiger partial charge in [0.05, 0.1) is 25.6 Å². The Labute approximate surface area is 154 Å². The molecular formula is C19H26N4O3. The average molecular weight is 358 g/mol. The van der Waals surface area contributed by atoms with Gasteiger partial charge >= 0.3 is 0 Å². The van der Waals surface area contributed by atoms with Crippen LogP contribution in [0.3, 0.4) is 0 Å². The molecule has 0 fully saturated rings. The van der Waals surface area contributed by atoms with Crippen LogP contribution in [0, 0.1) is 5.41 Å². The van der Waals surface area contributed by atoms with E-state index in [1.807, 2.05) is 38.4 Å². The van der Waals surface area contributed by atoms with Gasteiger partial charge in [-0.3, -0.25) is 5.41 Å². The van der Waals surface area contributed by atoms with Crippen LogP contribution in [0.5, 0.6) is 17.2 Å². The fourth-order valence-corrected chi connectivity index (χ4v) is 2.30. The van der Waals surface area contributed by atoms with E-state index < -0.39 is 0 Å². The van der Waals surface area contributed by atoms with Crippen molar-refractivity contribution in [1.82, 2.24) is 4.90 Å². The number of para-hydroxylation sites is 1.